The maximum Gasteiger partial charge on any atom is 0.0480 e. The zero-order chi connectivity index (χ0) is 9.97. The zero-order valence-corrected chi connectivity index (χ0v) is 8.90. The average molecular weight is 187 g/mol. The zero-order valence-electron chi connectivity index (χ0n) is 8.90. The highest BCUT2D eigenvalue weighted by Gasteiger charge is 2.25. The van der Waals surface area contributed by atoms with Gasteiger partial charge in [0.2, 0.25) is 0 Å². The molecule has 1 aromatic rings. The van der Waals surface area contributed by atoms with Crippen LogP contribution < -0.4 is 0 Å². The molecule has 0 saturated carbocycles. The molecule has 0 fully saturated rings. The summed E-state index contributed by atoms with van der Waals surface area (Å²) in [5, 5.41) is 0. The molecule has 0 radical (unpaired) electrons. The minimum Gasteiger partial charge on any atom is -0.290 e. The van der Waals surface area contributed by atoms with Crippen LogP contribution in [0.5, 0.6) is 0 Å². The molecule has 14 heavy (non-hydrogen) atoms. The maximum absolute atomic E-state index is 4.68. The smallest absolute Gasteiger partial charge is 0.0480 e. The van der Waals surface area contributed by atoms with Crippen molar-refractivity contribution in [2.45, 2.75) is 38.6 Å². The lowest BCUT2D eigenvalue weighted by atomic mass is 9.90. The summed E-state index contributed by atoms with van der Waals surface area (Å²) in [6.07, 6.45) is 2.27. The first-order valence-electron chi connectivity index (χ1n) is 5.42. The van der Waals surface area contributed by atoms with Crippen LogP contribution in [0.1, 0.15) is 38.2 Å². The van der Waals surface area contributed by atoms with Gasteiger partial charge >= 0.3 is 0 Å². The van der Waals surface area contributed by atoms with Crippen molar-refractivity contribution in [2.75, 3.05) is 0 Å². The Morgan fingerprint density at radius 3 is 2.64 bits per heavy atom. The first-order chi connectivity index (χ1) is 6.81. The number of nitrogens with zero attached hydrogens (tertiary/aromatic N) is 1. The molecule has 1 heterocycles. The van der Waals surface area contributed by atoms with Gasteiger partial charge < -0.3 is 0 Å². The first kappa shape index (κ1) is 9.45. The van der Waals surface area contributed by atoms with E-state index < -0.39 is 0 Å². The van der Waals surface area contributed by atoms with Crippen molar-refractivity contribution in [3.8, 4) is 0 Å². The van der Waals surface area contributed by atoms with E-state index in [1.165, 1.54) is 17.7 Å². The van der Waals surface area contributed by atoms with Crippen LogP contribution in [0.4, 0.5) is 0 Å². The van der Waals surface area contributed by atoms with Gasteiger partial charge in [-0.05, 0) is 25.3 Å². The van der Waals surface area contributed by atoms with E-state index in [0.29, 0.717) is 12.0 Å². The molecule has 0 aromatic heterocycles. The van der Waals surface area contributed by atoms with Crippen LogP contribution in [0.2, 0.25) is 0 Å². The van der Waals surface area contributed by atoms with E-state index in [9.17, 15) is 0 Å². The molecule has 74 valence electrons. The molecule has 0 aliphatic carbocycles. The second-order valence-corrected chi connectivity index (χ2v) is 4.02. The molecule has 2 rings (SSSR count). The Kier molecular flexibility index (Phi) is 2.67. The molecule has 1 aliphatic rings. The second kappa shape index (κ2) is 3.95. The van der Waals surface area contributed by atoms with E-state index >= 15 is 0 Å². The van der Waals surface area contributed by atoms with Crippen LogP contribution in [-0.2, 0) is 0 Å². The highest BCUT2D eigenvalue weighted by Crippen LogP contribution is 2.30. The van der Waals surface area contributed by atoms with Crippen molar-refractivity contribution in [3.63, 3.8) is 0 Å². The molecule has 1 nitrogen and oxygen atoms in total. The monoisotopic (exact) mass is 187 g/mol. The predicted octanol–water partition coefficient (Wildman–Crippen LogP) is 3.41. The number of hydrogen-bond donors (Lipinski definition) is 0. The topological polar surface area (TPSA) is 12.4 Å². The Bertz CT molecular complexity index is 326. The van der Waals surface area contributed by atoms with Gasteiger partial charge in [0.15, 0.2) is 0 Å². The summed E-state index contributed by atoms with van der Waals surface area (Å²) in [4.78, 5) is 4.68. The van der Waals surface area contributed by atoms with E-state index in [0.717, 1.165) is 6.42 Å². The van der Waals surface area contributed by atoms with Gasteiger partial charge in [0.05, 0.1) is 0 Å². The van der Waals surface area contributed by atoms with Crippen molar-refractivity contribution in [1.82, 2.24) is 0 Å². The summed E-state index contributed by atoms with van der Waals surface area (Å²) in [6, 6.07) is 11.2. The van der Waals surface area contributed by atoms with Crippen LogP contribution in [0.15, 0.2) is 35.3 Å². The lowest BCUT2D eigenvalue weighted by Crippen LogP contribution is -2.06. The van der Waals surface area contributed by atoms with Gasteiger partial charge in [-0.3, -0.25) is 4.99 Å². The predicted molar refractivity (Wildman–Crippen MR) is 61.0 cm³/mol. The fourth-order valence-electron chi connectivity index (χ4n) is 2.25. The molecule has 1 heteroatoms. The van der Waals surface area contributed by atoms with E-state index in [-0.39, 0.29) is 0 Å². The highest BCUT2D eigenvalue weighted by molar-refractivity contribution is 5.92. The Labute approximate surface area is 85.9 Å². The Hall–Kier alpha value is -1.11. The minimum atomic E-state index is 0.509. The highest BCUT2D eigenvalue weighted by atomic mass is 14.8. The van der Waals surface area contributed by atoms with Crippen LogP contribution in [0, 0.1) is 0 Å². The number of hydrogen-bond acceptors (Lipinski definition) is 1. The number of benzene rings is 1. The molecule has 0 N–H and O–H groups in total. The molecule has 0 amide bonds. The van der Waals surface area contributed by atoms with Crippen molar-refractivity contribution in [1.29, 1.82) is 0 Å². The van der Waals surface area contributed by atoms with Gasteiger partial charge in [0.1, 0.15) is 0 Å². The Balaban J connectivity index is 2.25. The summed E-state index contributed by atoms with van der Waals surface area (Å²) >= 11 is 0. The molecule has 0 spiro atoms. The molecule has 0 unspecified atom stereocenters. The quantitative estimate of drug-likeness (QED) is 0.672. The summed E-state index contributed by atoms with van der Waals surface area (Å²) < 4.78 is 0. The molecular weight excluding hydrogens is 170 g/mol. The van der Waals surface area contributed by atoms with Gasteiger partial charge in [-0.15, -0.1) is 0 Å². The third kappa shape index (κ3) is 1.72. The fourth-order valence-corrected chi connectivity index (χ4v) is 2.25. The van der Waals surface area contributed by atoms with Gasteiger partial charge in [-0.25, -0.2) is 0 Å². The largest absolute Gasteiger partial charge is 0.290 e. The van der Waals surface area contributed by atoms with E-state index in [4.69, 9.17) is 0 Å². The minimum absolute atomic E-state index is 0.509. The summed E-state index contributed by atoms with van der Waals surface area (Å²) in [6.45, 7) is 4.41. The van der Waals surface area contributed by atoms with Crippen molar-refractivity contribution in [3.05, 3.63) is 35.9 Å². The number of rotatable bonds is 2. The SMILES string of the molecule is CCC1=N[C@H](C)C[C@@H]1c1ccccc1. The van der Waals surface area contributed by atoms with Gasteiger partial charge in [-0.1, -0.05) is 37.3 Å². The van der Waals surface area contributed by atoms with Crippen LogP contribution in [0.25, 0.3) is 0 Å². The number of aliphatic imine (C=N–C) groups is 1. The lowest BCUT2D eigenvalue weighted by Gasteiger charge is -2.12. The third-order valence-corrected chi connectivity index (χ3v) is 2.93. The van der Waals surface area contributed by atoms with E-state index in [2.05, 4.69) is 49.2 Å². The van der Waals surface area contributed by atoms with Gasteiger partial charge in [0, 0.05) is 17.7 Å². The van der Waals surface area contributed by atoms with Gasteiger partial charge in [-0.2, -0.15) is 0 Å². The van der Waals surface area contributed by atoms with E-state index in [1.807, 2.05) is 0 Å². The Morgan fingerprint density at radius 2 is 2.00 bits per heavy atom. The van der Waals surface area contributed by atoms with Crippen molar-refractivity contribution >= 4 is 5.71 Å². The van der Waals surface area contributed by atoms with Crippen LogP contribution >= 0.6 is 0 Å². The van der Waals surface area contributed by atoms with Crippen LogP contribution in [-0.4, -0.2) is 11.8 Å². The van der Waals surface area contributed by atoms with Gasteiger partial charge in [0.25, 0.3) is 0 Å². The van der Waals surface area contributed by atoms with Crippen molar-refractivity contribution < 1.29 is 0 Å². The molecule has 2 atom stereocenters. The standard InChI is InChI=1S/C13H17N/c1-3-13-12(9-10(2)14-13)11-7-5-4-6-8-11/h4-8,10,12H,3,9H2,1-2H3/t10-,12-/m1/s1. The average Bonchev–Trinajstić information content (AvgIpc) is 2.61. The second-order valence-electron chi connectivity index (χ2n) is 4.02. The fraction of sp³-hybridized carbons (Fsp3) is 0.462. The van der Waals surface area contributed by atoms with Crippen LogP contribution in [0.3, 0.4) is 0 Å². The molecular formula is C13H17N. The first-order valence-corrected chi connectivity index (χ1v) is 5.42. The Morgan fingerprint density at radius 1 is 1.29 bits per heavy atom. The third-order valence-electron chi connectivity index (χ3n) is 2.93. The summed E-state index contributed by atoms with van der Waals surface area (Å²) in [5.74, 6) is 0.580. The molecule has 1 aliphatic heterocycles. The molecule has 0 saturated heterocycles. The molecule has 1 aromatic carbocycles. The van der Waals surface area contributed by atoms with Crippen molar-refractivity contribution in [2.24, 2.45) is 4.99 Å². The summed E-state index contributed by atoms with van der Waals surface area (Å²) in [7, 11) is 0. The maximum atomic E-state index is 4.68. The normalized spacial score (nSPS) is 26.3. The lowest BCUT2D eigenvalue weighted by molar-refractivity contribution is 0.692. The molecule has 0 bridgehead atoms. The summed E-state index contributed by atoms with van der Waals surface area (Å²) in [5.41, 5.74) is 2.81. The van der Waals surface area contributed by atoms with E-state index in [1.54, 1.807) is 0 Å².